The molecule has 3 nitrogen and oxygen atoms in total. The summed E-state index contributed by atoms with van der Waals surface area (Å²) >= 11 is 8.71. The van der Waals surface area contributed by atoms with Crippen LogP contribution in [0.5, 0.6) is 0 Å². The van der Waals surface area contributed by atoms with Gasteiger partial charge in [-0.1, -0.05) is 13.8 Å². The number of hydrogen-bond donors (Lipinski definition) is 1. The van der Waals surface area contributed by atoms with Gasteiger partial charge in [0.2, 0.25) is 0 Å². The lowest BCUT2D eigenvalue weighted by Crippen LogP contribution is -2.07. The Labute approximate surface area is 140 Å². The zero-order valence-electron chi connectivity index (χ0n) is 11.7. The third-order valence-corrected chi connectivity index (χ3v) is 4.87. The standard InChI is InChI=1S/C14H17Br2N3S/c1-8(2)4-11-12(7-17-3)20-14(19-11)13-10(16)5-9(15)6-18-13/h5-6,8,17H,4,7H2,1-3H3. The van der Waals surface area contributed by atoms with Gasteiger partial charge in [-0.3, -0.25) is 4.98 Å². The molecule has 108 valence electrons. The summed E-state index contributed by atoms with van der Waals surface area (Å²) in [5, 5.41) is 4.19. The Morgan fingerprint density at radius 2 is 2.10 bits per heavy atom. The van der Waals surface area contributed by atoms with Crippen molar-refractivity contribution in [3.8, 4) is 10.7 Å². The Morgan fingerprint density at radius 3 is 2.70 bits per heavy atom. The SMILES string of the molecule is CNCc1sc(-c2ncc(Br)cc2Br)nc1CC(C)C. The molecular formula is C14H17Br2N3S. The maximum atomic E-state index is 4.80. The first-order valence-electron chi connectivity index (χ1n) is 6.45. The first-order valence-corrected chi connectivity index (χ1v) is 8.86. The molecule has 0 aliphatic rings. The summed E-state index contributed by atoms with van der Waals surface area (Å²) in [5.74, 6) is 0.599. The number of thiazole rings is 1. The van der Waals surface area contributed by atoms with Gasteiger partial charge in [-0.25, -0.2) is 4.98 Å². The average molecular weight is 419 g/mol. The van der Waals surface area contributed by atoms with Crippen LogP contribution < -0.4 is 5.32 Å². The van der Waals surface area contributed by atoms with Crippen molar-refractivity contribution in [3.05, 3.63) is 31.8 Å². The number of hydrogen-bond acceptors (Lipinski definition) is 4. The van der Waals surface area contributed by atoms with E-state index in [9.17, 15) is 0 Å². The van der Waals surface area contributed by atoms with E-state index in [1.54, 1.807) is 17.5 Å². The normalized spacial score (nSPS) is 11.3. The minimum Gasteiger partial charge on any atom is -0.315 e. The van der Waals surface area contributed by atoms with Crippen molar-refractivity contribution >= 4 is 43.2 Å². The van der Waals surface area contributed by atoms with Crippen molar-refractivity contribution < 1.29 is 0 Å². The molecular weight excluding hydrogens is 402 g/mol. The molecule has 0 aliphatic heterocycles. The average Bonchev–Trinajstić information content (AvgIpc) is 2.72. The molecule has 0 radical (unpaired) electrons. The van der Waals surface area contributed by atoms with Crippen LogP contribution in [0.3, 0.4) is 0 Å². The largest absolute Gasteiger partial charge is 0.315 e. The van der Waals surface area contributed by atoms with Crippen LogP contribution in [0.1, 0.15) is 24.4 Å². The molecule has 0 unspecified atom stereocenters. The molecule has 0 amide bonds. The van der Waals surface area contributed by atoms with Crippen molar-refractivity contribution in [1.29, 1.82) is 0 Å². The summed E-state index contributed by atoms with van der Waals surface area (Å²) in [4.78, 5) is 10.6. The Bertz CT molecular complexity index is 596. The van der Waals surface area contributed by atoms with Gasteiger partial charge >= 0.3 is 0 Å². The van der Waals surface area contributed by atoms with Gasteiger partial charge in [0.1, 0.15) is 10.7 Å². The van der Waals surface area contributed by atoms with Crippen molar-refractivity contribution in [1.82, 2.24) is 15.3 Å². The van der Waals surface area contributed by atoms with Crippen LogP contribution in [-0.2, 0) is 13.0 Å². The van der Waals surface area contributed by atoms with E-state index in [2.05, 4.69) is 56.0 Å². The summed E-state index contributed by atoms with van der Waals surface area (Å²) in [6, 6.07) is 2.00. The lowest BCUT2D eigenvalue weighted by atomic mass is 10.1. The van der Waals surface area contributed by atoms with Gasteiger partial charge in [-0.15, -0.1) is 11.3 Å². The monoisotopic (exact) mass is 417 g/mol. The van der Waals surface area contributed by atoms with E-state index in [0.29, 0.717) is 5.92 Å². The molecule has 2 rings (SSSR count). The fourth-order valence-corrected chi connectivity index (χ4v) is 4.32. The van der Waals surface area contributed by atoms with Gasteiger partial charge in [-0.2, -0.15) is 0 Å². The third-order valence-electron chi connectivity index (χ3n) is 2.73. The summed E-state index contributed by atoms with van der Waals surface area (Å²) in [6.45, 7) is 5.29. The number of nitrogens with zero attached hydrogens (tertiary/aromatic N) is 2. The molecule has 2 heterocycles. The van der Waals surface area contributed by atoms with E-state index in [1.807, 2.05) is 13.1 Å². The van der Waals surface area contributed by atoms with Gasteiger partial charge in [0.05, 0.1) is 5.69 Å². The number of nitrogens with one attached hydrogen (secondary N) is 1. The molecule has 2 aromatic rings. The fraction of sp³-hybridized carbons (Fsp3) is 0.429. The molecule has 0 atom stereocenters. The van der Waals surface area contributed by atoms with Crippen LogP contribution in [0.15, 0.2) is 21.2 Å². The van der Waals surface area contributed by atoms with Gasteiger partial charge < -0.3 is 5.32 Å². The van der Waals surface area contributed by atoms with Crippen LogP contribution in [-0.4, -0.2) is 17.0 Å². The van der Waals surface area contributed by atoms with E-state index in [1.165, 1.54) is 10.6 Å². The fourth-order valence-electron chi connectivity index (χ4n) is 1.90. The minimum absolute atomic E-state index is 0.599. The van der Waals surface area contributed by atoms with E-state index in [4.69, 9.17) is 4.98 Å². The number of aromatic nitrogens is 2. The highest BCUT2D eigenvalue weighted by molar-refractivity contribution is 9.11. The van der Waals surface area contributed by atoms with Crippen LogP contribution >= 0.6 is 43.2 Å². The number of halogens is 2. The van der Waals surface area contributed by atoms with E-state index in [-0.39, 0.29) is 0 Å². The molecule has 2 aromatic heterocycles. The Hall–Kier alpha value is -0.300. The van der Waals surface area contributed by atoms with Gasteiger partial charge in [-0.05, 0) is 57.3 Å². The number of pyridine rings is 1. The first-order chi connectivity index (χ1) is 9.51. The zero-order chi connectivity index (χ0) is 14.7. The van der Waals surface area contributed by atoms with Crippen molar-refractivity contribution in [2.45, 2.75) is 26.8 Å². The lowest BCUT2D eigenvalue weighted by molar-refractivity contribution is 0.631. The molecule has 1 N–H and O–H groups in total. The second-order valence-electron chi connectivity index (χ2n) is 5.00. The van der Waals surface area contributed by atoms with E-state index >= 15 is 0 Å². The summed E-state index contributed by atoms with van der Waals surface area (Å²) in [5.41, 5.74) is 2.09. The lowest BCUT2D eigenvalue weighted by Gasteiger charge is -2.03. The maximum Gasteiger partial charge on any atom is 0.143 e. The zero-order valence-corrected chi connectivity index (χ0v) is 15.7. The number of rotatable bonds is 5. The molecule has 0 spiro atoms. The van der Waals surface area contributed by atoms with Crippen LogP contribution in [0.2, 0.25) is 0 Å². The van der Waals surface area contributed by atoms with E-state index < -0.39 is 0 Å². The minimum atomic E-state index is 0.599. The second kappa shape index (κ2) is 7.11. The highest BCUT2D eigenvalue weighted by Crippen LogP contribution is 2.33. The predicted molar refractivity (Wildman–Crippen MR) is 92.1 cm³/mol. The quantitative estimate of drug-likeness (QED) is 0.767. The van der Waals surface area contributed by atoms with Gasteiger partial charge in [0.25, 0.3) is 0 Å². The summed E-state index contributed by atoms with van der Waals surface area (Å²) < 4.78 is 1.93. The molecule has 0 aromatic carbocycles. The van der Waals surface area contributed by atoms with Crippen LogP contribution in [0, 0.1) is 5.92 Å². The highest BCUT2D eigenvalue weighted by atomic mass is 79.9. The molecule has 6 heteroatoms. The van der Waals surface area contributed by atoms with Crippen LogP contribution in [0.4, 0.5) is 0 Å². The molecule has 0 fully saturated rings. The van der Waals surface area contributed by atoms with Gasteiger partial charge in [0, 0.05) is 26.6 Å². The Kier molecular flexibility index (Phi) is 5.72. The highest BCUT2D eigenvalue weighted by Gasteiger charge is 2.16. The Balaban J connectivity index is 2.41. The van der Waals surface area contributed by atoms with E-state index in [0.717, 1.165) is 32.6 Å². The molecule has 20 heavy (non-hydrogen) atoms. The van der Waals surface area contributed by atoms with Crippen LogP contribution in [0.25, 0.3) is 10.7 Å². The third kappa shape index (κ3) is 3.87. The smallest absolute Gasteiger partial charge is 0.143 e. The van der Waals surface area contributed by atoms with Crippen molar-refractivity contribution in [2.75, 3.05) is 7.05 Å². The van der Waals surface area contributed by atoms with Crippen molar-refractivity contribution in [2.24, 2.45) is 5.92 Å². The molecule has 0 aliphatic carbocycles. The molecule has 0 saturated carbocycles. The van der Waals surface area contributed by atoms with Gasteiger partial charge in [0.15, 0.2) is 0 Å². The maximum absolute atomic E-state index is 4.80. The molecule has 0 bridgehead atoms. The Morgan fingerprint density at radius 1 is 1.35 bits per heavy atom. The first kappa shape index (κ1) is 16.1. The second-order valence-corrected chi connectivity index (χ2v) is 7.85. The predicted octanol–water partition coefficient (Wildman–Crippen LogP) is 4.65. The summed E-state index contributed by atoms with van der Waals surface area (Å²) in [7, 11) is 1.96. The molecule has 0 saturated heterocycles. The summed E-state index contributed by atoms with van der Waals surface area (Å²) in [6.07, 6.45) is 2.81. The topological polar surface area (TPSA) is 37.8 Å². The van der Waals surface area contributed by atoms with Crippen molar-refractivity contribution in [3.63, 3.8) is 0 Å².